The quantitative estimate of drug-likeness (QED) is 0.845. The molecule has 0 aliphatic heterocycles. The number of hydrogen-bond acceptors (Lipinski definition) is 1. The van der Waals surface area contributed by atoms with Crippen LogP contribution in [0.2, 0.25) is 0 Å². The van der Waals surface area contributed by atoms with Crippen LogP contribution in [0.4, 0.5) is 4.39 Å². The van der Waals surface area contributed by atoms with Gasteiger partial charge in [0.1, 0.15) is 5.82 Å². The van der Waals surface area contributed by atoms with Crippen molar-refractivity contribution in [1.82, 2.24) is 0 Å². The Morgan fingerprint density at radius 2 is 1.71 bits per heavy atom. The largest absolute Gasteiger partial charge is 0.320 e. The highest BCUT2D eigenvalue weighted by Gasteiger charge is 2.15. The molecule has 0 radical (unpaired) electrons. The normalized spacial score (nSPS) is 12.5. The first-order chi connectivity index (χ1) is 8.09. The van der Waals surface area contributed by atoms with E-state index in [4.69, 9.17) is 5.73 Å². The van der Waals surface area contributed by atoms with E-state index in [0.29, 0.717) is 5.56 Å². The first kappa shape index (κ1) is 12.7. The number of halogens is 3. The minimum Gasteiger partial charge on any atom is -0.320 e. The van der Waals surface area contributed by atoms with Gasteiger partial charge in [-0.2, -0.15) is 0 Å². The third kappa shape index (κ3) is 2.76. The van der Waals surface area contributed by atoms with Gasteiger partial charge < -0.3 is 5.73 Å². The van der Waals surface area contributed by atoms with Crippen LogP contribution in [-0.4, -0.2) is 0 Å². The summed E-state index contributed by atoms with van der Waals surface area (Å²) in [5.41, 5.74) is 7.44. The third-order valence-corrected chi connectivity index (χ3v) is 3.72. The van der Waals surface area contributed by atoms with Gasteiger partial charge in [0.2, 0.25) is 0 Å². The van der Waals surface area contributed by atoms with Gasteiger partial charge in [-0.25, -0.2) is 4.39 Å². The molecule has 2 aromatic carbocycles. The number of benzene rings is 2. The average molecular weight is 359 g/mol. The second-order valence-corrected chi connectivity index (χ2v) is 5.44. The molecule has 1 atom stereocenters. The first-order valence-electron chi connectivity index (χ1n) is 5.04. The van der Waals surface area contributed by atoms with E-state index in [2.05, 4.69) is 31.9 Å². The van der Waals surface area contributed by atoms with E-state index in [9.17, 15) is 4.39 Å². The molecule has 2 N–H and O–H groups in total. The van der Waals surface area contributed by atoms with Gasteiger partial charge in [0.05, 0.1) is 6.04 Å². The molecule has 0 fully saturated rings. The molecule has 0 aliphatic carbocycles. The SMILES string of the molecule is NC(c1ccccc1F)c1ccc(Br)cc1Br. The summed E-state index contributed by atoms with van der Waals surface area (Å²) >= 11 is 6.81. The van der Waals surface area contributed by atoms with Crippen molar-refractivity contribution >= 4 is 31.9 Å². The number of nitrogens with two attached hydrogens (primary N) is 1. The van der Waals surface area contributed by atoms with E-state index in [0.717, 1.165) is 14.5 Å². The molecular weight excluding hydrogens is 349 g/mol. The van der Waals surface area contributed by atoms with Crippen molar-refractivity contribution in [2.45, 2.75) is 6.04 Å². The van der Waals surface area contributed by atoms with Crippen molar-refractivity contribution in [3.05, 3.63) is 68.4 Å². The molecule has 0 saturated carbocycles. The minimum atomic E-state index is -0.473. The van der Waals surface area contributed by atoms with Crippen LogP contribution in [0.3, 0.4) is 0 Å². The Morgan fingerprint density at radius 3 is 2.35 bits per heavy atom. The Kier molecular flexibility index (Phi) is 3.97. The highest BCUT2D eigenvalue weighted by molar-refractivity contribution is 9.11. The standard InChI is InChI=1S/C13H10Br2FN/c14-8-5-6-9(11(15)7-8)13(17)10-3-1-2-4-12(10)16/h1-7,13H,17H2. The van der Waals surface area contributed by atoms with Gasteiger partial charge >= 0.3 is 0 Å². The zero-order chi connectivity index (χ0) is 12.4. The molecule has 0 amide bonds. The molecule has 1 nitrogen and oxygen atoms in total. The van der Waals surface area contributed by atoms with Crippen LogP contribution in [0.25, 0.3) is 0 Å². The average Bonchev–Trinajstić information content (AvgIpc) is 2.29. The van der Waals surface area contributed by atoms with E-state index < -0.39 is 6.04 Å². The van der Waals surface area contributed by atoms with Crippen molar-refractivity contribution in [2.24, 2.45) is 5.73 Å². The summed E-state index contributed by atoms with van der Waals surface area (Å²) in [5.74, 6) is -0.283. The van der Waals surface area contributed by atoms with Crippen LogP contribution in [-0.2, 0) is 0 Å². The fourth-order valence-electron chi connectivity index (χ4n) is 1.65. The molecule has 0 aromatic heterocycles. The summed E-state index contributed by atoms with van der Waals surface area (Å²) in [6.45, 7) is 0. The van der Waals surface area contributed by atoms with E-state index in [1.165, 1.54) is 6.07 Å². The van der Waals surface area contributed by atoms with Gasteiger partial charge in [0, 0.05) is 14.5 Å². The lowest BCUT2D eigenvalue weighted by Gasteiger charge is -2.15. The molecule has 0 spiro atoms. The molecule has 0 heterocycles. The summed E-state index contributed by atoms with van der Waals surface area (Å²) < 4.78 is 15.4. The van der Waals surface area contributed by atoms with Crippen molar-refractivity contribution in [2.75, 3.05) is 0 Å². The highest BCUT2D eigenvalue weighted by Crippen LogP contribution is 2.30. The summed E-state index contributed by atoms with van der Waals surface area (Å²) in [6.07, 6.45) is 0. The van der Waals surface area contributed by atoms with Gasteiger partial charge in [0.25, 0.3) is 0 Å². The van der Waals surface area contributed by atoms with Gasteiger partial charge in [-0.05, 0) is 23.8 Å². The number of hydrogen-bond donors (Lipinski definition) is 1. The zero-order valence-corrected chi connectivity index (χ0v) is 12.0. The fourth-order valence-corrected chi connectivity index (χ4v) is 2.94. The van der Waals surface area contributed by atoms with Gasteiger partial charge in [-0.3, -0.25) is 0 Å². The monoisotopic (exact) mass is 357 g/mol. The Balaban J connectivity index is 2.44. The molecule has 2 aromatic rings. The van der Waals surface area contributed by atoms with Crippen molar-refractivity contribution < 1.29 is 4.39 Å². The van der Waals surface area contributed by atoms with Crippen LogP contribution in [0.1, 0.15) is 17.2 Å². The van der Waals surface area contributed by atoms with Gasteiger partial charge in [0.15, 0.2) is 0 Å². The van der Waals surface area contributed by atoms with Crippen molar-refractivity contribution in [1.29, 1.82) is 0 Å². The lowest BCUT2D eigenvalue weighted by Crippen LogP contribution is -2.14. The van der Waals surface area contributed by atoms with E-state index >= 15 is 0 Å². The van der Waals surface area contributed by atoms with Crippen LogP contribution >= 0.6 is 31.9 Å². The maximum absolute atomic E-state index is 13.6. The van der Waals surface area contributed by atoms with Crippen LogP contribution in [0.15, 0.2) is 51.4 Å². The van der Waals surface area contributed by atoms with Crippen molar-refractivity contribution in [3.8, 4) is 0 Å². The zero-order valence-electron chi connectivity index (χ0n) is 8.83. The fraction of sp³-hybridized carbons (Fsp3) is 0.0769. The van der Waals surface area contributed by atoms with E-state index in [-0.39, 0.29) is 5.82 Å². The smallest absolute Gasteiger partial charge is 0.128 e. The van der Waals surface area contributed by atoms with Gasteiger partial charge in [-0.1, -0.05) is 56.1 Å². The van der Waals surface area contributed by atoms with Crippen molar-refractivity contribution in [3.63, 3.8) is 0 Å². The maximum atomic E-state index is 13.6. The molecule has 1 unspecified atom stereocenters. The Hall–Kier alpha value is -0.710. The lowest BCUT2D eigenvalue weighted by molar-refractivity contribution is 0.599. The Bertz CT molecular complexity index is 543. The molecule has 2 rings (SSSR count). The third-order valence-electron chi connectivity index (χ3n) is 2.54. The lowest BCUT2D eigenvalue weighted by atomic mass is 9.99. The molecule has 4 heteroatoms. The van der Waals surface area contributed by atoms with E-state index in [1.807, 2.05) is 18.2 Å². The Labute approximate surface area is 116 Å². The predicted molar refractivity (Wildman–Crippen MR) is 74.3 cm³/mol. The molecule has 0 bridgehead atoms. The first-order valence-corrected chi connectivity index (χ1v) is 6.63. The Morgan fingerprint density at radius 1 is 1.00 bits per heavy atom. The molecule has 0 aliphatic rings. The van der Waals surface area contributed by atoms with Crippen LogP contribution < -0.4 is 5.73 Å². The second kappa shape index (κ2) is 5.29. The van der Waals surface area contributed by atoms with E-state index in [1.54, 1.807) is 18.2 Å². The predicted octanol–water partition coefficient (Wildman–Crippen LogP) is 4.40. The highest BCUT2D eigenvalue weighted by atomic mass is 79.9. The molecular formula is C13H10Br2FN. The molecule has 88 valence electrons. The minimum absolute atomic E-state index is 0.283. The topological polar surface area (TPSA) is 26.0 Å². The summed E-state index contributed by atoms with van der Waals surface area (Å²) in [7, 11) is 0. The van der Waals surface area contributed by atoms with Crippen LogP contribution in [0, 0.1) is 5.82 Å². The number of rotatable bonds is 2. The maximum Gasteiger partial charge on any atom is 0.128 e. The summed E-state index contributed by atoms with van der Waals surface area (Å²) in [6, 6.07) is 11.8. The summed E-state index contributed by atoms with van der Waals surface area (Å²) in [5, 5.41) is 0. The second-order valence-electron chi connectivity index (χ2n) is 3.67. The molecule has 0 saturated heterocycles. The van der Waals surface area contributed by atoms with Gasteiger partial charge in [-0.15, -0.1) is 0 Å². The van der Waals surface area contributed by atoms with Crippen LogP contribution in [0.5, 0.6) is 0 Å². The summed E-state index contributed by atoms with van der Waals surface area (Å²) in [4.78, 5) is 0. The molecule has 17 heavy (non-hydrogen) atoms.